The standard InChI is InChI=1S/C50H84O6/c1-4-7-10-13-16-19-22-24-25-26-29-31-34-37-40-43-49(52)55-46-47(45-54-48(51)42-39-36-33-30-27-21-18-15-12-9-6-3)56-50(53)44-41-38-35-32-28-23-20-17-14-11-8-5-2/h7,10,13,16-17,19-20,22,24-26,29,47H,4-6,8-9,11-12,14-15,18,21,23,27-28,30-46H2,1-3H3/b10-7-,16-13-,20-17-,22-19-,25-24-,29-26-. The number of ether oxygens (including phenoxy) is 3. The molecule has 0 N–H and O–H groups in total. The molecule has 0 saturated heterocycles. The first-order valence-corrected chi connectivity index (χ1v) is 23.0. The number of rotatable bonds is 40. The van der Waals surface area contributed by atoms with Crippen molar-refractivity contribution < 1.29 is 28.6 Å². The van der Waals surface area contributed by atoms with Crippen LogP contribution in [-0.2, 0) is 28.6 Å². The van der Waals surface area contributed by atoms with Crippen molar-refractivity contribution in [3.8, 4) is 0 Å². The van der Waals surface area contributed by atoms with E-state index in [0.29, 0.717) is 19.3 Å². The van der Waals surface area contributed by atoms with Gasteiger partial charge in [0.1, 0.15) is 13.2 Å². The molecule has 0 aliphatic heterocycles. The Labute approximate surface area is 344 Å². The molecule has 0 rings (SSSR count). The summed E-state index contributed by atoms with van der Waals surface area (Å²) in [6, 6.07) is 0. The largest absolute Gasteiger partial charge is 0.462 e. The van der Waals surface area contributed by atoms with Crippen LogP contribution in [0.25, 0.3) is 0 Å². The Bertz CT molecular complexity index is 1080. The molecule has 320 valence electrons. The van der Waals surface area contributed by atoms with Gasteiger partial charge < -0.3 is 14.2 Å². The number of allylic oxidation sites excluding steroid dienone is 12. The molecule has 56 heavy (non-hydrogen) atoms. The van der Waals surface area contributed by atoms with Gasteiger partial charge in [-0.3, -0.25) is 14.4 Å². The molecule has 0 fully saturated rings. The lowest BCUT2D eigenvalue weighted by molar-refractivity contribution is -0.167. The molecule has 0 bridgehead atoms. The van der Waals surface area contributed by atoms with E-state index in [2.05, 4.69) is 45.1 Å². The van der Waals surface area contributed by atoms with Gasteiger partial charge in [0.25, 0.3) is 0 Å². The maximum atomic E-state index is 12.7. The highest BCUT2D eigenvalue weighted by Crippen LogP contribution is 2.14. The zero-order chi connectivity index (χ0) is 40.8. The highest BCUT2D eigenvalue weighted by Gasteiger charge is 2.19. The number of hydrogen-bond acceptors (Lipinski definition) is 6. The van der Waals surface area contributed by atoms with E-state index < -0.39 is 6.10 Å². The van der Waals surface area contributed by atoms with Crippen LogP contribution in [0.1, 0.15) is 207 Å². The first-order valence-electron chi connectivity index (χ1n) is 23.0. The van der Waals surface area contributed by atoms with Gasteiger partial charge in [-0.05, 0) is 64.2 Å². The van der Waals surface area contributed by atoms with Gasteiger partial charge in [-0.1, -0.05) is 196 Å². The third-order valence-electron chi connectivity index (χ3n) is 9.57. The molecule has 0 radical (unpaired) electrons. The summed E-state index contributed by atoms with van der Waals surface area (Å²) in [4.78, 5) is 37.7. The summed E-state index contributed by atoms with van der Waals surface area (Å²) >= 11 is 0. The highest BCUT2D eigenvalue weighted by molar-refractivity contribution is 5.71. The van der Waals surface area contributed by atoms with Crippen LogP contribution in [0.3, 0.4) is 0 Å². The summed E-state index contributed by atoms with van der Waals surface area (Å²) in [5, 5.41) is 0. The minimum absolute atomic E-state index is 0.0918. The van der Waals surface area contributed by atoms with E-state index in [1.165, 1.54) is 83.5 Å². The molecule has 0 spiro atoms. The Kier molecular flexibility index (Phi) is 42.1. The van der Waals surface area contributed by atoms with E-state index in [0.717, 1.165) is 83.5 Å². The molecule has 0 aromatic carbocycles. The normalized spacial score (nSPS) is 12.7. The molecule has 0 aromatic heterocycles. The fourth-order valence-electron chi connectivity index (χ4n) is 6.10. The number of unbranched alkanes of at least 4 members (excludes halogenated alkanes) is 21. The minimum Gasteiger partial charge on any atom is -0.462 e. The maximum absolute atomic E-state index is 12.7. The third kappa shape index (κ3) is 42.0. The Hall–Kier alpha value is -3.15. The van der Waals surface area contributed by atoms with Crippen molar-refractivity contribution in [1.82, 2.24) is 0 Å². The Morgan fingerprint density at radius 3 is 1.20 bits per heavy atom. The van der Waals surface area contributed by atoms with Crippen LogP contribution in [0, 0.1) is 0 Å². The second kappa shape index (κ2) is 44.6. The molecular formula is C50H84O6. The zero-order valence-corrected chi connectivity index (χ0v) is 36.4. The van der Waals surface area contributed by atoms with E-state index in [1.807, 2.05) is 48.6 Å². The van der Waals surface area contributed by atoms with Crippen molar-refractivity contribution in [3.63, 3.8) is 0 Å². The molecule has 1 atom stereocenters. The van der Waals surface area contributed by atoms with Gasteiger partial charge in [0.05, 0.1) is 0 Å². The lowest BCUT2D eigenvalue weighted by Gasteiger charge is -2.18. The van der Waals surface area contributed by atoms with E-state index >= 15 is 0 Å². The molecule has 0 amide bonds. The molecule has 0 heterocycles. The van der Waals surface area contributed by atoms with Crippen molar-refractivity contribution in [2.24, 2.45) is 0 Å². The fourth-order valence-corrected chi connectivity index (χ4v) is 6.10. The quantitative estimate of drug-likeness (QED) is 0.0203. The highest BCUT2D eigenvalue weighted by atomic mass is 16.6. The Morgan fingerprint density at radius 2 is 0.714 bits per heavy atom. The number of carbonyl (C=O) groups excluding carboxylic acids is 3. The van der Waals surface area contributed by atoms with Crippen molar-refractivity contribution in [1.29, 1.82) is 0 Å². The van der Waals surface area contributed by atoms with Crippen molar-refractivity contribution in [2.45, 2.75) is 213 Å². The molecule has 6 nitrogen and oxygen atoms in total. The van der Waals surface area contributed by atoms with Gasteiger partial charge in [0, 0.05) is 19.3 Å². The molecule has 1 unspecified atom stereocenters. The van der Waals surface area contributed by atoms with Crippen LogP contribution < -0.4 is 0 Å². The fraction of sp³-hybridized carbons (Fsp3) is 0.700. The number of hydrogen-bond donors (Lipinski definition) is 0. The monoisotopic (exact) mass is 781 g/mol. The predicted molar refractivity (Wildman–Crippen MR) is 238 cm³/mol. The molecule has 0 saturated carbocycles. The summed E-state index contributed by atoms with van der Waals surface area (Å²) in [7, 11) is 0. The lowest BCUT2D eigenvalue weighted by atomic mass is 10.1. The van der Waals surface area contributed by atoms with Crippen LogP contribution in [0.4, 0.5) is 0 Å². The van der Waals surface area contributed by atoms with Gasteiger partial charge in [-0.25, -0.2) is 0 Å². The molecule has 6 heteroatoms. The Morgan fingerprint density at radius 1 is 0.375 bits per heavy atom. The van der Waals surface area contributed by atoms with Crippen LogP contribution in [-0.4, -0.2) is 37.2 Å². The maximum Gasteiger partial charge on any atom is 0.306 e. The number of carbonyl (C=O) groups is 3. The van der Waals surface area contributed by atoms with Crippen molar-refractivity contribution in [3.05, 3.63) is 72.9 Å². The van der Waals surface area contributed by atoms with E-state index in [4.69, 9.17) is 14.2 Å². The zero-order valence-electron chi connectivity index (χ0n) is 36.4. The SMILES string of the molecule is CC\C=C/C=C\C=C/C=C\C=C/CCCCCC(=O)OCC(COC(=O)CCCCCCCCCCCCC)OC(=O)CCCCCCC/C=C\CCCCC. The first kappa shape index (κ1) is 52.9. The van der Waals surface area contributed by atoms with E-state index in [1.54, 1.807) is 0 Å². The summed E-state index contributed by atoms with van der Waals surface area (Å²) in [6.45, 7) is 6.40. The predicted octanol–water partition coefficient (Wildman–Crippen LogP) is 14.7. The third-order valence-corrected chi connectivity index (χ3v) is 9.57. The molecule has 0 aliphatic rings. The molecule has 0 aliphatic carbocycles. The second-order valence-electron chi connectivity index (χ2n) is 15.1. The van der Waals surface area contributed by atoms with Crippen molar-refractivity contribution >= 4 is 17.9 Å². The first-order chi connectivity index (χ1) is 27.5. The van der Waals surface area contributed by atoms with Gasteiger partial charge in [-0.15, -0.1) is 0 Å². The second-order valence-corrected chi connectivity index (χ2v) is 15.1. The van der Waals surface area contributed by atoms with E-state index in [9.17, 15) is 14.4 Å². The minimum atomic E-state index is -0.793. The lowest BCUT2D eigenvalue weighted by Crippen LogP contribution is -2.30. The molecular weight excluding hydrogens is 697 g/mol. The average Bonchev–Trinajstić information content (AvgIpc) is 3.19. The Balaban J connectivity index is 4.48. The van der Waals surface area contributed by atoms with Gasteiger partial charge in [-0.2, -0.15) is 0 Å². The van der Waals surface area contributed by atoms with Crippen LogP contribution in [0.15, 0.2) is 72.9 Å². The van der Waals surface area contributed by atoms with Crippen LogP contribution >= 0.6 is 0 Å². The summed E-state index contributed by atoms with van der Waals surface area (Å²) < 4.78 is 16.7. The average molecular weight is 781 g/mol. The smallest absolute Gasteiger partial charge is 0.306 e. The topological polar surface area (TPSA) is 78.9 Å². The summed E-state index contributed by atoms with van der Waals surface area (Å²) in [6.07, 6.45) is 54.5. The molecule has 0 aromatic rings. The summed E-state index contributed by atoms with van der Waals surface area (Å²) in [5.74, 6) is -0.950. The van der Waals surface area contributed by atoms with Gasteiger partial charge in [0.2, 0.25) is 0 Å². The van der Waals surface area contributed by atoms with Crippen LogP contribution in [0.5, 0.6) is 0 Å². The van der Waals surface area contributed by atoms with Gasteiger partial charge in [0.15, 0.2) is 6.10 Å². The van der Waals surface area contributed by atoms with E-state index in [-0.39, 0.29) is 31.1 Å². The number of esters is 3. The van der Waals surface area contributed by atoms with Gasteiger partial charge >= 0.3 is 17.9 Å². The van der Waals surface area contributed by atoms with Crippen LogP contribution in [0.2, 0.25) is 0 Å². The summed E-state index contributed by atoms with van der Waals surface area (Å²) in [5.41, 5.74) is 0. The van der Waals surface area contributed by atoms with Crippen molar-refractivity contribution in [2.75, 3.05) is 13.2 Å².